The SMILES string of the molecule is CC(C)(C)NC(=O)Nc1c(F)cc(F)cc1Cl. The lowest BCUT2D eigenvalue weighted by Gasteiger charge is -2.21. The van der Waals surface area contributed by atoms with Crippen LogP contribution in [0.15, 0.2) is 12.1 Å². The maximum absolute atomic E-state index is 13.3. The highest BCUT2D eigenvalue weighted by atomic mass is 35.5. The predicted molar refractivity (Wildman–Crippen MR) is 63.3 cm³/mol. The zero-order chi connectivity index (χ0) is 13.2. The highest BCUT2D eigenvalue weighted by Crippen LogP contribution is 2.26. The van der Waals surface area contributed by atoms with Gasteiger partial charge < -0.3 is 10.6 Å². The molecule has 0 radical (unpaired) electrons. The van der Waals surface area contributed by atoms with Crippen molar-refractivity contribution in [3.8, 4) is 0 Å². The summed E-state index contributed by atoms with van der Waals surface area (Å²) in [5.74, 6) is -1.71. The first-order valence-electron chi connectivity index (χ1n) is 4.93. The lowest BCUT2D eigenvalue weighted by atomic mass is 10.1. The first-order valence-corrected chi connectivity index (χ1v) is 5.30. The number of rotatable bonds is 1. The van der Waals surface area contributed by atoms with E-state index in [1.54, 1.807) is 20.8 Å². The van der Waals surface area contributed by atoms with Gasteiger partial charge in [0, 0.05) is 11.6 Å². The van der Waals surface area contributed by atoms with Gasteiger partial charge in [-0.3, -0.25) is 0 Å². The van der Waals surface area contributed by atoms with Crippen molar-refractivity contribution in [2.24, 2.45) is 0 Å². The third kappa shape index (κ3) is 4.19. The monoisotopic (exact) mass is 262 g/mol. The van der Waals surface area contributed by atoms with E-state index < -0.39 is 23.2 Å². The fourth-order valence-electron chi connectivity index (χ4n) is 1.15. The molecule has 0 saturated carbocycles. The highest BCUT2D eigenvalue weighted by Gasteiger charge is 2.17. The Balaban J connectivity index is 2.86. The number of anilines is 1. The molecule has 1 aromatic carbocycles. The van der Waals surface area contributed by atoms with Gasteiger partial charge in [-0.1, -0.05) is 11.6 Å². The average Bonchev–Trinajstić information content (AvgIpc) is 2.08. The molecule has 0 atom stereocenters. The smallest absolute Gasteiger partial charge is 0.319 e. The third-order valence-electron chi connectivity index (χ3n) is 1.73. The summed E-state index contributed by atoms with van der Waals surface area (Å²) in [6, 6.07) is 0.973. The Morgan fingerprint density at radius 3 is 2.35 bits per heavy atom. The molecule has 2 amide bonds. The number of carbonyl (C=O) groups is 1. The molecular formula is C11H13ClF2N2O. The van der Waals surface area contributed by atoms with E-state index in [0.29, 0.717) is 6.07 Å². The summed E-state index contributed by atoms with van der Waals surface area (Å²) >= 11 is 5.63. The normalized spacial score (nSPS) is 11.2. The number of halogens is 3. The van der Waals surface area contributed by atoms with E-state index >= 15 is 0 Å². The van der Waals surface area contributed by atoms with Crippen LogP contribution in [0.2, 0.25) is 5.02 Å². The minimum atomic E-state index is -0.918. The van der Waals surface area contributed by atoms with E-state index in [4.69, 9.17) is 11.6 Å². The molecule has 0 saturated heterocycles. The van der Waals surface area contributed by atoms with Crippen molar-refractivity contribution < 1.29 is 13.6 Å². The van der Waals surface area contributed by atoms with Crippen molar-refractivity contribution in [2.45, 2.75) is 26.3 Å². The second-order valence-corrected chi connectivity index (χ2v) is 4.98. The molecule has 0 bridgehead atoms. The maximum atomic E-state index is 13.3. The largest absolute Gasteiger partial charge is 0.333 e. The van der Waals surface area contributed by atoms with E-state index in [-0.39, 0.29) is 10.7 Å². The first-order chi connectivity index (χ1) is 7.69. The van der Waals surface area contributed by atoms with E-state index in [9.17, 15) is 13.6 Å². The number of nitrogens with one attached hydrogen (secondary N) is 2. The third-order valence-corrected chi connectivity index (χ3v) is 2.03. The van der Waals surface area contributed by atoms with Gasteiger partial charge in [0.05, 0.1) is 10.7 Å². The Morgan fingerprint density at radius 1 is 1.29 bits per heavy atom. The fraction of sp³-hybridized carbons (Fsp3) is 0.364. The van der Waals surface area contributed by atoms with Crippen molar-refractivity contribution in [3.05, 3.63) is 28.8 Å². The zero-order valence-electron chi connectivity index (χ0n) is 9.70. The molecule has 0 heterocycles. The van der Waals surface area contributed by atoms with E-state index in [1.165, 1.54) is 0 Å². The van der Waals surface area contributed by atoms with Crippen LogP contribution in [0.4, 0.5) is 19.3 Å². The van der Waals surface area contributed by atoms with E-state index in [0.717, 1.165) is 6.07 Å². The molecule has 6 heteroatoms. The maximum Gasteiger partial charge on any atom is 0.319 e. The average molecular weight is 263 g/mol. The number of hydrogen-bond donors (Lipinski definition) is 2. The molecule has 1 rings (SSSR count). The van der Waals surface area contributed by atoms with Crippen LogP contribution < -0.4 is 10.6 Å². The van der Waals surface area contributed by atoms with Gasteiger partial charge in [0.2, 0.25) is 0 Å². The van der Waals surface area contributed by atoms with Crippen molar-refractivity contribution in [3.63, 3.8) is 0 Å². The van der Waals surface area contributed by atoms with Crippen LogP contribution in [0.1, 0.15) is 20.8 Å². The van der Waals surface area contributed by atoms with Crippen molar-refractivity contribution >= 4 is 23.3 Å². The molecule has 3 nitrogen and oxygen atoms in total. The van der Waals surface area contributed by atoms with Crippen LogP contribution in [-0.2, 0) is 0 Å². The van der Waals surface area contributed by atoms with Crippen LogP contribution in [0, 0.1) is 11.6 Å². The van der Waals surface area contributed by atoms with E-state index in [1.807, 2.05) is 0 Å². The first kappa shape index (κ1) is 13.7. The van der Waals surface area contributed by atoms with Gasteiger partial charge in [-0.05, 0) is 26.8 Å². The predicted octanol–water partition coefficient (Wildman–Crippen LogP) is 3.54. The second-order valence-electron chi connectivity index (χ2n) is 4.57. The van der Waals surface area contributed by atoms with Gasteiger partial charge >= 0.3 is 6.03 Å². The Labute approximate surface area is 103 Å². The molecule has 0 aliphatic heterocycles. The molecule has 2 N–H and O–H groups in total. The Kier molecular flexibility index (Phi) is 3.93. The van der Waals surface area contributed by atoms with Crippen molar-refractivity contribution in [1.29, 1.82) is 0 Å². The number of amides is 2. The summed E-state index contributed by atoms with van der Waals surface area (Å²) in [7, 11) is 0. The Bertz CT molecular complexity index is 421. The second kappa shape index (κ2) is 4.87. The van der Waals surface area contributed by atoms with Crippen LogP contribution in [-0.4, -0.2) is 11.6 Å². The van der Waals surface area contributed by atoms with Gasteiger partial charge in [-0.25, -0.2) is 13.6 Å². The highest BCUT2D eigenvalue weighted by molar-refractivity contribution is 6.33. The summed E-state index contributed by atoms with van der Waals surface area (Å²) in [5, 5.41) is 4.62. The Hall–Kier alpha value is -1.36. The number of benzene rings is 1. The number of hydrogen-bond acceptors (Lipinski definition) is 1. The van der Waals surface area contributed by atoms with Crippen molar-refractivity contribution in [1.82, 2.24) is 5.32 Å². The Morgan fingerprint density at radius 2 is 1.88 bits per heavy atom. The number of carbonyl (C=O) groups excluding carboxylic acids is 1. The molecule has 0 aliphatic carbocycles. The van der Waals surface area contributed by atoms with Crippen LogP contribution in [0.3, 0.4) is 0 Å². The van der Waals surface area contributed by atoms with E-state index in [2.05, 4.69) is 10.6 Å². The molecule has 0 aliphatic rings. The number of urea groups is 1. The molecule has 0 spiro atoms. The van der Waals surface area contributed by atoms with Gasteiger partial charge in [-0.2, -0.15) is 0 Å². The zero-order valence-corrected chi connectivity index (χ0v) is 10.5. The molecular weight excluding hydrogens is 250 g/mol. The van der Waals surface area contributed by atoms with Gasteiger partial charge in [0.1, 0.15) is 5.82 Å². The molecule has 17 heavy (non-hydrogen) atoms. The summed E-state index contributed by atoms with van der Waals surface area (Å²) < 4.78 is 26.1. The van der Waals surface area contributed by atoms with Gasteiger partial charge in [0.25, 0.3) is 0 Å². The molecule has 0 fully saturated rings. The molecule has 0 unspecified atom stereocenters. The fourth-order valence-corrected chi connectivity index (χ4v) is 1.39. The minimum Gasteiger partial charge on any atom is -0.333 e. The lowest BCUT2D eigenvalue weighted by Crippen LogP contribution is -2.43. The summed E-state index contributed by atoms with van der Waals surface area (Å²) in [5.41, 5.74) is -0.706. The molecule has 1 aromatic rings. The lowest BCUT2D eigenvalue weighted by molar-refractivity contribution is 0.243. The molecule has 0 aromatic heterocycles. The van der Waals surface area contributed by atoms with Gasteiger partial charge in [-0.15, -0.1) is 0 Å². The minimum absolute atomic E-state index is 0.188. The quantitative estimate of drug-likeness (QED) is 0.799. The van der Waals surface area contributed by atoms with Crippen LogP contribution >= 0.6 is 11.6 Å². The summed E-state index contributed by atoms with van der Waals surface area (Å²) in [4.78, 5) is 11.5. The topological polar surface area (TPSA) is 41.1 Å². The summed E-state index contributed by atoms with van der Waals surface area (Å²) in [6.45, 7) is 5.32. The molecule has 94 valence electrons. The van der Waals surface area contributed by atoms with Crippen LogP contribution in [0.25, 0.3) is 0 Å². The standard InChI is InChI=1S/C11H13ClF2N2O/c1-11(2,3)16-10(17)15-9-7(12)4-6(13)5-8(9)14/h4-5H,1-3H3,(H2,15,16,17). The van der Waals surface area contributed by atoms with Crippen LogP contribution in [0.5, 0.6) is 0 Å². The van der Waals surface area contributed by atoms with Crippen molar-refractivity contribution in [2.75, 3.05) is 5.32 Å². The summed E-state index contributed by atoms with van der Waals surface area (Å²) in [6.07, 6.45) is 0. The van der Waals surface area contributed by atoms with Gasteiger partial charge in [0.15, 0.2) is 5.82 Å².